The number of rotatable bonds is 6. The summed E-state index contributed by atoms with van der Waals surface area (Å²) < 4.78 is 10.2. The first-order chi connectivity index (χ1) is 10.1. The van der Waals surface area contributed by atoms with E-state index in [2.05, 4.69) is 17.2 Å². The summed E-state index contributed by atoms with van der Waals surface area (Å²) in [6.07, 6.45) is 0.981. The van der Waals surface area contributed by atoms with Crippen LogP contribution in [0.15, 0.2) is 24.3 Å². The van der Waals surface area contributed by atoms with Gasteiger partial charge in [-0.05, 0) is 37.6 Å². The third-order valence-corrected chi connectivity index (χ3v) is 3.80. The van der Waals surface area contributed by atoms with Gasteiger partial charge >= 0.3 is 5.97 Å². The SMILES string of the molecule is CCCOc1ccc(Nc2nc(C)c(C(=O)OC)s2)cc1. The maximum Gasteiger partial charge on any atom is 0.350 e. The van der Waals surface area contributed by atoms with Gasteiger partial charge in [0.1, 0.15) is 10.6 Å². The average molecular weight is 306 g/mol. The molecule has 0 fully saturated rings. The summed E-state index contributed by atoms with van der Waals surface area (Å²) >= 11 is 1.28. The Balaban J connectivity index is 2.06. The topological polar surface area (TPSA) is 60.5 Å². The number of nitrogens with one attached hydrogen (secondary N) is 1. The molecule has 2 rings (SSSR count). The zero-order chi connectivity index (χ0) is 15.2. The van der Waals surface area contributed by atoms with Crippen LogP contribution in [-0.2, 0) is 4.74 Å². The van der Waals surface area contributed by atoms with E-state index in [-0.39, 0.29) is 5.97 Å². The highest BCUT2D eigenvalue weighted by Crippen LogP contribution is 2.27. The number of benzene rings is 1. The van der Waals surface area contributed by atoms with Gasteiger partial charge in [0.2, 0.25) is 0 Å². The molecule has 0 aliphatic heterocycles. The van der Waals surface area contributed by atoms with Crippen molar-refractivity contribution in [3.8, 4) is 5.75 Å². The van der Waals surface area contributed by atoms with Gasteiger partial charge < -0.3 is 14.8 Å². The molecule has 6 heteroatoms. The first kappa shape index (κ1) is 15.3. The van der Waals surface area contributed by atoms with Gasteiger partial charge in [0.05, 0.1) is 19.4 Å². The molecule has 1 aromatic heterocycles. The molecular formula is C15H18N2O3S. The van der Waals surface area contributed by atoms with Gasteiger partial charge in [-0.1, -0.05) is 18.3 Å². The molecule has 0 atom stereocenters. The van der Waals surface area contributed by atoms with E-state index >= 15 is 0 Å². The van der Waals surface area contributed by atoms with E-state index in [1.54, 1.807) is 6.92 Å². The standard InChI is InChI=1S/C15H18N2O3S/c1-4-9-20-12-7-5-11(6-8-12)17-15-16-10(2)13(21-15)14(18)19-3/h5-8H,4,9H2,1-3H3,(H,16,17). The Hall–Kier alpha value is -2.08. The van der Waals surface area contributed by atoms with Gasteiger partial charge in [0, 0.05) is 5.69 Å². The number of hydrogen-bond donors (Lipinski definition) is 1. The summed E-state index contributed by atoms with van der Waals surface area (Å²) in [4.78, 5) is 16.4. The van der Waals surface area contributed by atoms with Crippen LogP contribution < -0.4 is 10.1 Å². The van der Waals surface area contributed by atoms with Gasteiger partial charge in [-0.2, -0.15) is 0 Å². The zero-order valence-corrected chi connectivity index (χ0v) is 13.1. The predicted octanol–water partition coefficient (Wildman–Crippen LogP) is 3.77. The molecule has 1 heterocycles. The lowest BCUT2D eigenvalue weighted by Gasteiger charge is -2.06. The molecule has 1 N–H and O–H groups in total. The number of nitrogens with zero attached hydrogens (tertiary/aromatic N) is 1. The van der Waals surface area contributed by atoms with Gasteiger partial charge in [-0.25, -0.2) is 9.78 Å². The van der Waals surface area contributed by atoms with Crippen LogP contribution in [-0.4, -0.2) is 24.7 Å². The van der Waals surface area contributed by atoms with Crippen LogP contribution in [0, 0.1) is 6.92 Å². The summed E-state index contributed by atoms with van der Waals surface area (Å²) in [7, 11) is 1.36. The molecule has 0 spiro atoms. The van der Waals surface area contributed by atoms with Crippen LogP contribution in [0.1, 0.15) is 28.7 Å². The van der Waals surface area contributed by atoms with Crippen LogP contribution in [0.25, 0.3) is 0 Å². The molecule has 0 bridgehead atoms. The Labute approximate surface area is 127 Å². The van der Waals surface area contributed by atoms with Gasteiger partial charge in [0.15, 0.2) is 5.13 Å². The minimum atomic E-state index is -0.360. The molecule has 0 radical (unpaired) electrons. The van der Waals surface area contributed by atoms with E-state index < -0.39 is 0 Å². The smallest absolute Gasteiger partial charge is 0.350 e. The molecule has 0 saturated heterocycles. The minimum Gasteiger partial charge on any atom is -0.494 e. The van der Waals surface area contributed by atoms with Crippen molar-refractivity contribution in [2.45, 2.75) is 20.3 Å². The van der Waals surface area contributed by atoms with Crippen LogP contribution in [0.5, 0.6) is 5.75 Å². The van der Waals surface area contributed by atoms with Crippen LogP contribution in [0.2, 0.25) is 0 Å². The summed E-state index contributed by atoms with van der Waals surface area (Å²) in [6.45, 7) is 4.57. The van der Waals surface area contributed by atoms with Crippen LogP contribution in [0.3, 0.4) is 0 Å². The molecule has 0 aliphatic carbocycles. The normalized spacial score (nSPS) is 10.2. The van der Waals surface area contributed by atoms with Crippen molar-refractivity contribution in [3.05, 3.63) is 34.8 Å². The van der Waals surface area contributed by atoms with E-state index in [4.69, 9.17) is 9.47 Å². The van der Waals surface area contributed by atoms with Gasteiger partial charge in [-0.3, -0.25) is 0 Å². The van der Waals surface area contributed by atoms with E-state index in [1.807, 2.05) is 24.3 Å². The first-order valence-corrected chi connectivity index (χ1v) is 7.51. The van der Waals surface area contributed by atoms with E-state index in [0.29, 0.717) is 22.3 Å². The Morgan fingerprint density at radius 1 is 1.33 bits per heavy atom. The lowest BCUT2D eigenvalue weighted by Crippen LogP contribution is -1.99. The number of aryl methyl sites for hydroxylation is 1. The van der Waals surface area contributed by atoms with E-state index in [1.165, 1.54) is 18.4 Å². The second-order valence-corrected chi connectivity index (χ2v) is 5.42. The Morgan fingerprint density at radius 2 is 2.05 bits per heavy atom. The lowest BCUT2D eigenvalue weighted by atomic mass is 10.3. The van der Waals surface area contributed by atoms with Gasteiger partial charge in [-0.15, -0.1) is 0 Å². The largest absolute Gasteiger partial charge is 0.494 e. The highest BCUT2D eigenvalue weighted by Gasteiger charge is 2.15. The third kappa shape index (κ3) is 3.95. The molecule has 5 nitrogen and oxygen atoms in total. The van der Waals surface area contributed by atoms with Crippen molar-refractivity contribution in [3.63, 3.8) is 0 Å². The molecule has 0 unspecified atom stereocenters. The second-order valence-electron chi connectivity index (χ2n) is 4.42. The molecule has 1 aromatic carbocycles. The fraction of sp³-hybridized carbons (Fsp3) is 0.333. The van der Waals surface area contributed by atoms with Crippen molar-refractivity contribution >= 4 is 28.1 Å². The highest BCUT2D eigenvalue weighted by atomic mass is 32.1. The molecule has 0 aliphatic rings. The number of aromatic nitrogens is 1. The minimum absolute atomic E-state index is 0.360. The fourth-order valence-corrected chi connectivity index (χ4v) is 2.61. The van der Waals surface area contributed by atoms with Gasteiger partial charge in [0.25, 0.3) is 0 Å². The van der Waals surface area contributed by atoms with Crippen LogP contribution in [0.4, 0.5) is 10.8 Å². The number of esters is 1. The van der Waals surface area contributed by atoms with Crippen molar-refractivity contribution in [1.29, 1.82) is 0 Å². The molecule has 0 amide bonds. The Kier molecular flexibility index (Phi) is 5.16. The number of methoxy groups -OCH3 is 1. The van der Waals surface area contributed by atoms with E-state index in [9.17, 15) is 4.79 Å². The number of ether oxygens (including phenoxy) is 2. The summed E-state index contributed by atoms with van der Waals surface area (Å²) in [5.41, 5.74) is 1.56. The van der Waals surface area contributed by atoms with Crippen LogP contribution >= 0.6 is 11.3 Å². The number of thiazole rings is 1. The predicted molar refractivity (Wildman–Crippen MR) is 83.7 cm³/mol. The van der Waals surface area contributed by atoms with Crippen molar-refractivity contribution in [1.82, 2.24) is 4.98 Å². The second kappa shape index (κ2) is 7.08. The molecular weight excluding hydrogens is 288 g/mol. The molecule has 21 heavy (non-hydrogen) atoms. The fourth-order valence-electron chi connectivity index (χ4n) is 1.71. The number of anilines is 2. The van der Waals surface area contributed by atoms with E-state index in [0.717, 1.165) is 17.9 Å². The zero-order valence-electron chi connectivity index (χ0n) is 12.3. The maximum atomic E-state index is 11.5. The van der Waals surface area contributed by atoms with Crippen molar-refractivity contribution in [2.75, 3.05) is 19.0 Å². The number of carbonyl (C=O) groups excluding carboxylic acids is 1. The number of carbonyl (C=O) groups is 1. The molecule has 112 valence electrons. The Bertz CT molecular complexity index is 608. The molecule has 2 aromatic rings. The Morgan fingerprint density at radius 3 is 2.67 bits per heavy atom. The first-order valence-electron chi connectivity index (χ1n) is 6.69. The maximum absolute atomic E-state index is 11.5. The summed E-state index contributed by atoms with van der Waals surface area (Å²) in [5, 5.41) is 3.83. The highest BCUT2D eigenvalue weighted by molar-refractivity contribution is 7.17. The van der Waals surface area contributed by atoms with Crippen molar-refractivity contribution in [2.24, 2.45) is 0 Å². The summed E-state index contributed by atoms with van der Waals surface area (Å²) in [5.74, 6) is 0.481. The quantitative estimate of drug-likeness (QED) is 0.823. The number of hydrogen-bond acceptors (Lipinski definition) is 6. The lowest BCUT2D eigenvalue weighted by molar-refractivity contribution is 0.0605. The molecule has 0 saturated carbocycles. The average Bonchev–Trinajstić information content (AvgIpc) is 2.86. The summed E-state index contributed by atoms with van der Waals surface area (Å²) in [6, 6.07) is 7.64. The monoisotopic (exact) mass is 306 g/mol. The third-order valence-electron chi connectivity index (χ3n) is 2.75. The van der Waals surface area contributed by atoms with Crippen molar-refractivity contribution < 1.29 is 14.3 Å².